The average molecular weight is 243 g/mol. The van der Waals surface area contributed by atoms with Crippen molar-refractivity contribution in [3.63, 3.8) is 0 Å². The van der Waals surface area contributed by atoms with Crippen LogP contribution in [-0.2, 0) is 4.79 Å². The van der Waals surface area contributed by atoms with Gasteiger partial charge in [-0.3, -0.25) is 4.79 Å². The maximum Gasteiger partial charge on any atom is 0.242 e. The fraction of sp³-hybridized carbons (Fsp3) is 0.0769. The van der Waals surface area contributed by atoms with Crippen LogP contribution in [0.4, 0.5) is 11.4 Å². The standard InChI is InChI=1S/C13H13N3O2/c1-9(17)16-10-4-6-11(7-5-10)18-13-12(14)3-2-8-15-13/h2-8H,14H2,1H3,(H,16,17). The predicted molar refractivity (Wildman–Crippen MR) is 69.5 cm³/mol. The minimum absolute atomic E-state index is 0.113. The van der Waals surface area contributed by atoms with Gasteiger partial charge in [0.2, 0.25) is 11.8 Å². The summed E-state index contributed by atoms with van der Waals surface area (Å²) in [6.07, 6.45) is 1.61. The Morgan fingerprint density at radius 1 is 1.28 bits per heavy atom. The second-order valence-electron chi connectivity index (χ2n) is 3.71. The lowest BCUT2D eigenvalue weighted by atomic mass is 10.3. The SMILES string of the molecule is CC(=O)Nc1ccc(Oc2ncccc2N)cc1. The first-order valence-electron chi connectivity index (χ1n) is 5.41. The zero-order chi connectivity index (χ0) is 13.0. The first-order chi connectivity index (χ1) is 8.65. The summed E-state index contributed by atoms with van der Waals surface area (Å²) in [5.41, 5.74) is 6.91. The molecule has 1 heterocycles. The molecule has 0 saturated carbocycles. The lowest BCUT2D eigenvalue weighted by molar-refractivity contribution is -0.114. The topological polar surface area (TPSA) is 77.2 Å². The molecule has 1 amide bonds. The molecule has 0 bridgehead atoms. The van der Waals surface area contributed by atoms with Crippen molar-refractivity contribution in [3.8, 4) is 11.6 Å². The molecule has 0 atom stereocenters. The number of amides is 1. The number of carbonyl (C=O) groups is 1. The minimum Gasteiger partial charge on any atom is -0.437 e. The van der Waals surface area contributed by atoms with Gasteiger partial charge in [0.05, 0.1) is 5.69 Å². The smallest absolute Gasteiger partial charge is 0.242 e. The highest BCUT2D eigenvalue weighted by Crippen LogP contribution is 2.25. The molecule has 0 unspecified atom stereocenters. The molecular formula is C13H13N3O2. The molecule has 0 aliphatic rings. The van der Waals surface area contributed by atoms with E-state index in [0.29, 0.717) is 23.0 Å². The van der Waals surface area contributed by atoms with Gasteiger partial charge in [-0.15, -0.1) is 0 Å². The Hall–Kier alpha value is -2.56. The molecule has 0 fully saturated rings. The lowest BCUT2D eigenvalue weighted by Gasteiger charge is -2.07. The van der Waals surface area contributed by atoms with E-state index in [2.05, 4.69) is 10.3 Å². The van der Waals surface area contributed by atoms with Gasteiger partial charge in [-0.2, -0.15) is 0 Å². The number of rotatable bonds is 3. The van der Waals surface area contributed by atoms with Crippen molar-refractivity contribution in [3.05, 3.63) is 42.6 Å². The van der Waals surface area contributed by atoms with Crippen LogP contribution in [0, 0.1) is 0 Å². The van der Waals surface area contributed by atoms with Crippen LogP contribution in [0.3, 0.4) is 0 Å². The fourth-order valence-corrected chi connectivity index (χ4v) is 1.41. The number of nitrogens with one attached hydrogen (secondary N) is 1. The van der Waals surface area contributed by atoms with Gasteiger partial charge < -0.3 is 15.8 Å². The summed E-state index contributed by atoms with van der Waals surface area (Å²) in [7, 11) is 0. The van der Waals surface area contributed by atoms with Crippen LogP contribution in [0.25, 0.3) is 0 Å². The van der Waals surface area contributed by atoms with Crippen molar-refractivity contribution in [2.24, 2.45) is 0 Å². The Balaban J connectivity index is 2.11. The van der Waals surface area contributed by atoms with Crippen LogP contribution < -0.4 is 15.8 Å². The largest absolute Gasteiger partial charge is 0.437 e. The number of ether oxygens (including phenoxy) is 1. The van der Waals surface area contributed by atoms with E-state index in [4.69, 9.17) is 10.5 Å². The highest BCUT2D eigenvalue weighted by Gasteiger charge is 2.03. The van der Waals surface area contributed by atoms with E-state index < -0.39 is 0 Å². The molecule has 1 aromatic heterocycles. The summed E-state index contributed by atoms with van der Waals surface area (Å²) in [6, 6.07) is 10.4. The number of aromatic nitrogens is 1. The van der Waals surface area contributed by atoms with Crippen molar-refractivity contribution in [1.29, 1.82) is 0 Å². The Kier molecular flexibility index (Phi) is 3.43. The Morgan fingerprint density at radius 2 is 2.00 bits per heavy atom. The highest BCUT2D eigenvalue weighted by atomic mass is 16.5. The van der Waals surface area contributed by atoms with E-state index in [9.17, 15) is 4.79 Å². The number of hydrogen-bond acceptors (Lipinski definition) is 4. The van der Waals surface area contributed by atoms with Crippen LogP contribution in [0.15, 0.2) is 42.6 Å². The Bertz CT molecular complexity index is 552. The molecule has 5 heteroatoms. The molecule has 5 nitrogen and oxygen atoms in total. The second-order valence-corrected chi connectivity index (χ2v) is 3.71. The van der Waals surface area contributed by atoms with E-state index in [1.54, 1.807) is 42.6 Å². The van der Waals surface area contributed by atoms with Crippen LogP contribution in [0.1, 0.15) is 6.92 Å². The van der Waals surface area contributed by atoms with Gasteiger partial charge in [-0.1, -0.05) is 0 Å². The first-order valence-corrected chi connectivity index (χ1v) is 5.41. The van der Waals surface area contributed by atoms with Crippen molar-refractivity contribution >= 4 is 17.3 Å². The molecule has 0 aliphatic heterocycles. The highest BCUT2D eigenvalue weighted by molar-refractivity contribution is 5.88. The fourth-order valence-electron chi connectivity index (χ4n) is 1.41. The van der Waals surface area contributed by atoms with Gasteiger partial charge in [-0.05, 0) is 36.4 Å². The van der Waals surface area contributed by atoms with Crippen molar-refractivity contribution < 1.29 is 9.53 Å². The molecule has 3 N–H and O–H groups in total. The third-order valence-corrected chi connectivity index (χ3v) is 2.19. The summed E-state index contributed by atoms with van der Waals surface area (Å²) < 4.78 is 5.52. The third-order valence-electron chi connectivity index (χ3n) is 2.19. The molecule has 0 spiro atoms. The number of anilines is 2. The second kappa shape index (κ2) is 5.18. The first kappa shape index (κ1) is 11.9. The van der Waals surface area contributed by atoms with E-state index in [1.807, 2.05) is 0 Å². The van der Waals surface area contributed by atoms with Gasteiger partial charge in [0.1, 0.15) is 5.75 Å². The summed E-state index contributed by atoms with van der Waals surface area (Å²) in [6.45, 7) is 1.46. The summed E-state index contributed by atoms with van der Waals surface area (Å²) in [5.74, 6) is 0.858. The lowest BCUT2D eigenvalue weighted by Crippen LogP contribution is -2.05. The van der Waals surface area contributed by atoms with Crippen LogP contribution in [0.2, 0.25) is 0 Å². The van der Waals surface area contributed by atoms with Gasteiger partial charge in [0, 0.05) is 18.8 Å². The normalized spacial score (nSPS) is 9.83. The molecule has 0 aliphatic carbocycles. The minimum atomic E-state index is -0.113. The molecule has 18 heavy (non-hydrogen) atoms. The molecular weight excluding hydrogens is 230 g/mol. The quantitative estimate of drug-likeness (QED) is 0.867. The number of pyridine rings is 1. The van der Waals surface area contributed by atoms with E-state index in [-0.39, 0.29) is 5.91 Å². The Morgan fingerprint density at radius 3 is 2.61 bits per heavy atom. The molecule has 92 valence electrons. The van der Waals surface area contributed by atoms with Crippen molar-refractivity contribution in [1.82, 2.24) is 4.98 Å². The number of carbonyl (C=O) groups excluding carboxylic acids is 1. The zero-order valence-electron chi connectivity index (χ0n) is 9.88. The molecule has 0 saturated heterocycles. The number of benzene rings is 1. The summed E-state index contributed by atoms with van der Waals surface area (Å²) in [5, 5.41) is 2.67. The van der Waals surface area contributed by atoms with Crippen molar-refractivity contribution in [2.45, 2.75) is 6.92 Å². The number of hydrogen-bond donors (Lipinski definition) is 2. The predicted octanol–water partition coefficient (Wildman–Crippen LogP) is 2.41. The number of nitrogens with zero attached hydrogens (tertiary/aromatic N) is 1. The maximum absolute atomic E-state index is 10.9. The molecule has 0 radical (unpaired) electrons. The summed E-state index contributed by atoms with van der Waals surface area (Å²) in [4.78, 5) is 14.9. The van der Waals surface area contributed by atoms with Gasteiger partial charge in [0.15, 0.2) is 0 Å². The van der Waals surface area contributed by atoms with Crippen molar-refractivity contribution in [2.75, 3.05) is 11.1 Å². The van der Waals surface area contributed by atoms with Crippen LogP contribution in [-0.4, -0.2) is 10.9 Å². The number of nitrogen functional groups attached to an aromatic ring is 1. The Labute approximate surface area is 105 Å². The maximum atomic E-state index is 10.9. The summed E-state index contributed by atoms with van der Waals surface area (Å²) >= 11 is 0. The van der Waals surface area contributed by atoms with E-state index in [0.717, 1.165) is 0 Å². The number of nitrogens with two attached hydrogens (primary N) is 1. The zero-order valence-corrected chi connectivity index (χ0v) is 9.88. The molecule has 1 aromatic carbocycles. The van der Waals surface area contributed by atoms with Crippen LogP contribution >= 0.6 is 0 Å². The van der Waals surface area contributed by atoms with Crippen LogP contribution in [0.5, 0.6) is 11.6 Å². The van der Waals surface area contributed by atoms with Gasteiger partial charge in [-0.25, -0.2) is 4.98 Å². The monoisotopic (exact) mass is 243 g/mol. The van der Waals surface area contributed by atoms with Gasteiger partial charge >= 0.3 is 0 Å². The van der Waals surface area contributed by atoms with E-state index >= 15 is 0 Å². The average Bonchev–Trinajstić information content (AvgIpc) is 2.34. The van der Waals surface area contributed by atoms with Gasteiger partial charge in [0.25, 0.3) is 0 Å². The molecule has 2 rings (SSSR count). The third kappa shape index (κ3) is 2.98. The molecule has 2 aromatic rings. The van der Waals surface area contributed by atoms with E-state index in [1.165, 1.54) is 6.92 Å².